The predicted octanol–water partition coefficient (Wildman–Crippen LogP) is 1.16. The minimum atomic E-state index is 0.191. The molecular formula is C14H18ClN7. The summed E-state index contributed by atoms with van der Waals surface area (Å²) < 4.78 is 1.46. The van der Waals surface area contributed by atoms with Crippen LogP contribution in [0.5, 0.6) is 0 Å². The van der Waals surface area contributed by atoms with E-state index in [4.69, 9.17) is 22.4 Å². The molecule has 2 aromatic heterocycles. The first-order valence-corrected chi connectivity index (χ1v) is 7.54. The molecule has 0 spiro atoms. The molecule has 0 bridgehead atoms. The largest absolute Gasteiger partial charge is 0.352 e. The van der Waals surface area contributed by atoms with Crippen LogP contribution in [0.25, 0.3) is 11.2 Å². The molecule has 3 rings (SSSR count). The summed E-state index contributed by atoms with van der Waals surface area (Å²) in [6, 6.07) is 1.68. The van der Waals surface area contributed by atoms with Crippen molar-refractivity contribution < 1.29 is 0 Å². The maximum Gasteiger partial charge on any atom is 0.178 e. The molecular weight excluding hydrogens is 302 g/mol. The molecule has 8 heteroatoms. The molecule has 0 radical (unpaired) electrons. The van der Waals surface area contributed by atoms with Gasteiger partial charge in [0.2, 0.25) is 0 Å². The van der Waals surface area contributed by atoms with E-state index in [2.05, 4.69) is 26.8 Å². The Kier molecular flexibility index (Phi) is 4.08. The SMILES string of the molecule is CN1CCCN(c2nc3ncc(Cl)cc3n(C=N)c2=N)CC1. The van der Waals surface area contributed by atoms with E-state index in [1.54, 1.807) is 6.07 Å². The van der Waals surface area contributed by atoms with Crippen molar-refractivity contribution in [3.05, 3.63) is 22.8 Å². The molecule has 1 fully saturated rings. The molecule has 2 aromatic rings. The van der Waals surface area contributed by atoms with Gasteiger partial charge in [0.1, 0.15) is 0 Å². The lowest BCUT2D eigenvalue weighted by Gasteiger charge is -2.22. The summed E-state index contributed by atoms with van der Waals surface area (Å²) in [5.41, 5.74) is 1.26. The molecule has 2 N–H and O–H groups in total. The quantitative estimate of drug-likeness (QED) is 0.642. The second-order valence-electron chi connectivity index (χ2n) is 5.42. The summed E-state index contributed by atoms with van der Waals surface area (Å²) in [5, 5.41) is 16.5. The van der Waals surface area contributed by atoms with Crippen molar-refractivity contribution in [2.24, 2.45) is 0 Å². The molecule has 7 nitrogen and oxygen atoms in total. The fourth-order valence-corrected chi connectivity index (χ4v) is 2.83. The topological polar surface area (TPSA) is 84.9 Å². The summed E-state index contributed by atoms with van der Waals surface area (Å²) in [7, 11) is 2.10. The van der Waals surface area contributed by atoms with Gasteiger partial charge >= 0.3 is 0 Å². The maximum absolute atomic E-state index is 8.38. The molecule has 3 heterocycles. The van der Waals surface area contributed by atoms with E-state index >= 15 is 0 Å². The number of nitrogens with one attached hydrogen (secondary N) is 2. The smallest absolute Gasteiger partial charge is 0.178 e. The second kappa shape index (κ2) is 6.02. The fraction of sp³-hybridized carbons (Fsp3) is 0.429. The Morgan fingerprint density at radius 3 is 2.86 bits per heavy atom. The summed E-state index contributed by atoms with van der Waals surface area (Å²) in [6.45, 7) is 3.63. The van der Waals surface area contributed by atoms with Crippen molar-refractivity contribution >= 4 is 34.9 Å². The van der Waals surface area contributed by atoms with Crippen LogP contribution in [0.3, 0.4) is 0 Å². The Balaban J connectivity index is 2.14. The first-order chi connectivity index (χ1) is 10.6. The fourth-order valence-electron chi connectivity index (χ4n) is 2.68. The van der Waals surface area contributed by atoms with Crippen LogP contribution in [0.4, 0.5) is 5.82 Å². The van der Waals surface area contributed by atoms with Crippen LogP contribution in [-0.4, -0.2) is 59.0 Å². The molecule has 1 saturated heterocycles. The van der Waals surface area contributed by atoms with Crippen LogP contribution in [-0.2, 0) is 0 Å². The summed E-state index contributed by atoms with van der Waals surface area (Å²) in [6.07, 6.45) is 3.67. The van der Waals surface area contributed by atoms with E-state index in [0.717, 1.165) is 38.9 Å². The minimum absolute atomic E-state index is 0.191. The first-order valence-electron chi connectivity index (χ1n) is 7.16. The normalized spacial score (nSPS) is 16.7. The summed E-state index contributed by atoms with van der Waals surface area (Å²) in [4.78, 5) is 13.1. The molecule has 0 amide bonds. The number of fused-ring (bicyclic) bond motifs is 1. The van der Waals surface area contributed by atoms with Gasteiger partial charge in [-0.1, -0.05) is 11.6 Å². The molecule has 0 atom stereocenters. The zero-order chi connectivity index (χ0) is 15.7. The van der Waals surface area contributed by atoms with Gasteiger partial charge in [0.25, 0.3) is 0 Å². The van der Waals surface area contributed by atoms with Gasteiger partial charge in [-0.15, -0.1) is 0 Å². The van der Waals surface area contributed by atoms with Gasteiger partial charge < -0.3 is 9.80 Å². The number of halogens is 1. The number of hydrogen-bond acceptors (Lipinski definition) is 6. The van der Waals surface area contributed by atoms with Gasteiger partial charge in [-0.2, -0.15) is 0 Å². The minimum Gasteiger partial charge on any atom is -0.352 e. The number of rotatable bonds is 2. The Labute approximate surface area is 133 Å². The summed E-state index contributed by atoms with van der Waals surface area (Å²) in [5.74, 6) is 0.570. The lowest BCUT2D eigenvalue weighted by molar-refractivity contribution is 0.360. The lowest BCUT2D eigenvalue weighted by atomic mass is 10.3. The molecule has 0 unspecified atom stereocenters. The number of pyridine rings is 1. The number of anilines is 1. The number of nitrogens with zero attached hydrogens (tertiary/aromatic N) is 5. The Morgan fingerprint density at radius 2 is 2.09 bits per heavy atom. The van der Waals surface area contributed by atoms with Gasteiger partial charge in [0.15, 0.2) is 17.0 Å². The van der Waals surface area contributed by atoms with Crippen LogP contribution in [0.15, 0.2) is 12.3 Å². The predicted molar refractivity (Wildman–Crippen MR) is 86.9 cm³/mol. The number of aromatic nitrogens is 3. The summed E-state index contributed by atoms with van der Waals surface area (Å²) >= 11 is 5.97. The zero-order valence-electron chi connectivity index (χ0n) is 12.4. The molecule has 22 heavy (non-hydrogen) atoms. The molecule has 0 saturated carbocycles. The molecule has 0 aromatic carbocycles. The van der Waals surface area contributed by atoms with Gasteiger partial charge in [-0.05, 0) is 26.1 Å². The van der Waals surface area contributed by atoms with E-state index in [0.29, 0.717) is 22.0 Å². The van der Waals surface area contributed by atoms with Crippen LogP contribution in [0.1, 0.15) is 6.42 Å². The van der Waals surface area contributed by atoms with Crippen LogP contribution in [0, 0.1) is 10.8 Å². The Morgan fingerprint density at radius 1 is 1.27 bits per heavy atom. The van der Waals surface area contributed by atoms with E-state index < -0.39 is 0 Å². The average molecular weight is 320 g/mol. The zero-order valence-corrected chi connectivity index (χ0v) is 13.1. The van der Waals surface area contributed by atoms with E-state index in [9.17, 15) is 0 Å². The number of likely N-dealkylation sites (N-methyl/N-ethyl adjacent to an activating group) is 1. The monoisotopic (exact) mass is 319 g/mol. The van der Waals surface area contributed by atoms with Gasteiger partial charge in [-0.3, -0.25) is 15.4 Å². The van der Waals surface area contributed by atoms with Crippen LogP contribution in [0.2, 0.25) is 5.02 Å². The third-order valence-electron chi connectivity index (χ3n) is 3.89. The van der Waals surface area contributed by atoms with Gasteiger partial charge in [-0.25, -0.2) is 9.97 Å². The Bertz CT molecular complexity index is 770. The maximum atomic E-state index is 8.38. The van der Waals surface area contributed by atoms with Crippen LogP contribution < -0.4 is 10.4 Å². The highest BCUT2D eigenvalue weighted by Crippen LogP contribution is 2.17. The van der Waals surface area contributed by atoms with Crippen molar-refractivity contribution in [1.82, 2.24) is 19.4 Å². The van der Waals surface area contributed by atoms with Crippen LogP contribution >= 0.6 is 11.6 Å². The molecule has 0 aliphatic carbocycles. The standard InChI is InChI=1S/C14H18ClN7/c1-20-3-2-4-21(6-5-20)14-12(17)22(9-16)11-7-10(15)8-18-13(11)19-14/h7-9,16-17H,2-6H2,1H3. The first kappa shape index (κ1) is 14.9. The van der Waals surface area contributed by atoms with Crippen molar-refractivity contribution in [1.29, 1.82) is 10.8 Å². The molecule has 116 valence electrons. The highest BCUT2D eigenvalue weighted by molar-refractivity contribution is 6.31. The lowest BCUT2D eigenvalue weighted by Crippen LogP contribution is -2.36. The van der Waals surface area contributed by atoms with Gasteiger partial charge in [0.05, 0.1) is 16.9 Å². The number of hydrogen-bond donors (Lipinski definition) is 2. The average Bonchev–Trinajstić information content (AvgIpc) is 2.71. The molecule has 1 aliphatic heterocycles. The third kappa shape index (κ3) is 2.69. The van der Waals surface area contributed by atoms with Gasteiger partial charge in [0, 0.05) is 25.8 Å². The van der Waals surface area contributed by atoms with Crippen molar-refractivity contribution in [3.63, 3.8) is 0 Å². The highest BCUT2D eigenvalue weighted by Gasteiger charge is 2.18. The molecule has 1 aliphatic rings. The van der Waals surface area contributed by atoms with E-state index in [-0.39, 0.29) is 5.49 Å². The van der Waals surface area contributed by atoms with Crippen molar-refractivity contribution in [2.45, 2.75) is 6.42 Å². The second-order valence-corrected chi connectivity index (χ2v) is 5.86. The van der Waals surface area contributed by atoms with Crippen molar-refractivity contribution in [3.8, 4) is 0 Å². The highest BCUT2D eigenvalue weighted by atomic mass is 35.5. The third-order valence-corrected chi connectivity index (χ3v) is 4.09. The van der Waals surface area contributed by atoms with E-state index in [1.807, 2.05) is 0 Å². The van der Waals surface area contributed by atoms with Crippen molar-refractivity contribution in [2.75, 3.05) is 38.1 Å². The Hall–Kier alpha value is -1.99. The van der Waals surface area contributed by atoms with E-state index in [1.165, 1.54) is 10.8 Å².